The van der Waals surface area contributed by atoms with Crippen LogP contribution in [-0.4, -0.2) is 30.2 Å². The molecular weight excluding hydrogens is 245 g/mol. The zero-order valence-corrected chi connectivity index (χ0v) is 10.5. The van der Waals surface area contributed by atoms with E-state index in [0.29, 0.717) is 16.4 Å². The second kappa shape index (κ2) is 6.39. The van der Waals surface area contributed by atoms with E-state index in [4.69, 9.17) is 11.6 Å². The zero-order chi connectivity index (χ0) is 12.8. The van der Waals surface area contributed by atoms with Crippen molar-refractivity contribution in [3.63, 3.8) is 0 Å². The van der Waals surface area contributed by atoms with E-state index in [1.807, 2.05) is 13.8 Å². The second-order valence-corrected chi connectivity index (χ2v) is 4.18. The van der Waals surface area contributed by atoms with Gasteiger partial charge >= 0.3 is 0 Å². The fraction of sp³-hybridized carbons (Fsp3) is 0.455. The molecule has 17 heavy (non-hydrogen) atoms. The van der Waals surface area contributed by atoms with Crippen LogP contribution in [0, 0.1) is 0 Å². The number of carbonyl (C=O) groups is 1. The molecule has 0 saturated carbocycles. The maximum absolute atomic E-state index is 12.0. The van der Waals surface area contributed by atoms with Crippen LogP contribution in [0.2, 0.25) is 5.15 Å². The van der Waals surface area contributed by atoms with Crippen molar-refractivity contribution >= 4 is 23.2 Å². The summed E-state index contributed by atoms with van der Waals surface area (Å²) in [4.78, 5) is 15.6. The van der Waals surface area contributed by atoms with Crippen LogP contribution in [0.15, 0.2) is 12.3 Å². The highest BCUT2D eigenvalue weighted by Gasteiger charge is 2.13. The number of halogens is 2. The zero-order valence-electron chi connectivity index (χ0n) is 9.76. The smallest absolute Gasteiger partial charge is 0.255 e. The standard InChI is InChI=1S/C11H15ClFN3O/c1-7(2)16-9-5-10(12)15-6-8(9)11(17)14-4-3-13/h5-7H,3-4H2,1-2H3,(H,14,17)(H,15,16). The second-order valence-electron chi connectivity index (χ2n) is 3.80. The normalized spacial score (nSPS) is 10.4. The molecule has 2 N–H and O–H groups in total. The fourth-order valence-electron chi connectivity index (χ4n) is 1.30. The quantitative estimate of drug-likeness (QED) is 0.798. The first-order valence-electron chi connectivity index (χ1n) is 5.31. The van der Waals surface area contributed by atoms with Crippen LogP contribution < -0.4 is 10.6 Å². The average Bonchev–Trinajstić information content (AvgIpc) is 2.25. The van der Waals surface area contributed by atoms with Crippen LogP contribution in [0.5, 0.6) is 0 Å². The third-order valence-corrected chi connectivity index (χ3v) is 2.15. The molecule has 0 spiro atoms. The summed E-state index contributed by atoms with van der Waals surface area (Å²) in [5, 5.41) is 5.84. The number of alkyl halides is 1. The Morgan fingerprint density at radius 3 is 2.88 bits per heavy atom. The molecule has 94 valence electrons. The largest absolute Gasteiger partial charge is 0.382 e. The summed E-state index contributed by atoms with van der Waals surface area (Å²) in [5.41, 5.74) is 0.952. The van der Waals surface area contributed by atoms with Gasteiger partial charge in [-0.25, -0.2) is 9.37 Å². The van der Waals surface area contributed by atoms with Crippen LogP contribution in [-0.2, 0) is 0 Å². The van der Waals surface area contributed by atoms with Gasteiger partial charge in [-0.3, -0.25) is 4.79 Å². The molecular formula is C11H15ClFN3O. The summed E-state index contributed by atoms with van der Waals surface area (Å²) < 4.78 is 12.0. The average molecular weight is 260 g/mol. The minimum Gasteiger partial charge on any atom is -0.382 e. The van der Waals surface area contributed by atoms with Gasteiger partial charge in [0.25, 0.3) is 5.91 Å². The molecule has 0 atom stereocenters. The summed E-state index contributed by atoms with van der Waals surface area (Å²) in [6, 6.07) is 1.73. The lowest BCUT2D eigenvalue weighted by atomic mass is 10.2. The Morgan fingerprint density at radius 1 is 1.59 bits per heavy atom. The molecule has 0 unspecified atom stereocenters. The molecule has 0 aromatic carbocycles. The number of hydrogen-bond donors (Lipinski definition) is 2. The Labute approximate surface area is 105 Å². The molecule has 1 heterocycles. The van der Waals surface area contributed by atoms with Crippen molar-refractivity contribution in [2.45, 2.75) is 19.9 Å². The van der Waals surface area contributed by atoms with Crippen molar-refractivity contribution in [1.29, 1.82) is 0 Å². The summed E-state index contributed by atoms with van der Waals surface area (Å²) in [6.45, 7) is 3.28. The molecule has 4 nitrogen and oxygen atoms in total. The van der Waals surface area contributed by atoms with Gasteiger partial charge in [0.05, 0.1) is 11.3 Å². The number of hydrogen-bond acceptors (Lipinski definition) is 3. The minimum atomic E-state index is -0.598. The first kappa shape index (κ1) is 13.7. The van der Waals surface area contributed by atoms with Gasteiger partial charge in [0.2, 0.25) is 0 Å². The third-order valence-electron chi connectivity index (χ3n) is 1.94. The van der Waals surface area contributed by atoms with Gasteiger partial charge in [0, 0.05) is 18.8 Å². The number of rotatable bonds is 5. The predicted molar refractivity (Wildman–Crippen MR) is 66.3 cm³/mol. The van der Waals surface area contributed by atoms with E-state index in [9.17, 15) is 9.18 Å². The lowest BCUT2D eigenvalue weighted by Gasteiger charge is -2.14. The lowest BCUT2D eigenvalue weighted by molar-refractivity contribution is 0.0951. The van der Waals surface area contributed by atoms with Crippen LogP contribution >= 0.6 is 11.6 Å². The maximum Gasteiger partial charge on any atom is 0.255 e. The van der Waals surface area contributed by atoms with Crippen molar-refractivity contribution in [2.75, 3.05) is 18.5 Å². The van der Waals surface area contributed by atoms with E-state index < -0.39 is 6.67 Å². The number of carbonyl (C=O) groups excluding carboxylic acids is 1. The van der Waals surface area contributed by atoms with Crippen molar-refractivity contribution in [3.8, 4) is 0 Å². The molecule has 1 rings (SSSR count). The van der Waals surface area contributed by atoms with Gasteiger partial charge in [-0.2, -0.15) is 0 Å². The van der Waals surface area contributed by atoms with Crippen LogP contribution in [0.3, 0.4) is 0 Å². The van der Waals surface area contributed by atoms with Crippen molar-refractivity contribution in [1.82, 2.24) is 10.3 Å². The van der Waals surface area contributed by atoms with Crippen molar-refractivity contribution in [2.24, 2.45) is 0 Å². The lowest BCUT2D eigenvalue weighted by Crippen LogP contribution is -2.27. The Kier molecular flexibility index (Phi) is 5.15. The number of pyridine rings is 1. The molecule has 0 aliphatic heterocycles. The van der Waals surface area contributed by atoms with Crippen LogP contribution in [0.4, 0.5) is 10.1 Å². The highest BCUT2D eigenvalue weighted by molar-refractivity contribution is 6.29. The molecule has 0 bridgehead atoms. The number of anilines is 1. The highest BCUT2D eigenvalue weighted by atomic mass is 35.5. The molecule has 0 aliphatic rings. The van der Waals surface area contributed by atoms with Crippen LogP contribution in [0.1, 0.15) is 24.2 Å². The summed E-state index contributed by atoms with van der Waals surface area (Å²) >= 11 is 5.77. The van der Waals surface area contributed by atoms with E-state index in [1.54, 1.807) is 6.07 Å². The number of nitrogens with zero attached hydrogens (tertiary/aromatic N) is 1. The first-order chi connectivity index (χ1) is 8.04. The highest BCUT2D eigenvalue weighted by Crippen LogP contribution is 2.19. The van der Waals surface area contributed by atoms with E-state index in [2.05, 4.69) is 15.6 Å². The van der Waals surface area contributed by atoms with Gasteiger partial charge in [-0.15, -0.1) is 0 Å². The van der Waals surface area contributed by atoms with E-state index >= 15 is 0 Å². The number of amides is 1. The summed E-state index contributed by atoms with van der Waals surface area (Å²) in [5.74, 6) is -0.366. The fourth-order valence-corrected chi connectivity index (χ4v) is 1.46. The van der Waals surface area contributed by atoms with E-state index in [0.717, 1.165) is 0 Å². The van der Waals surface area contributed by atoms with Gasteiger partial charge in [-0.05, 0) is 19.9 Å². The van der Waals surface area contributed by atoms with Gasteiger partial charge in [0.1, 0.15) is 11.8 Å². The Balaban J connectivity index is 2.92. The third kappa shape index (κ3) is 4.19. The maximum atomic E-state index is 12.0. The van der Waals surface area contributed by atoms with Gasteiger partial charge in [-0.1, -0.05) is 11.6 Å². The van der Waals surface area contributed by atoms with Gasteiger partial charge < -0.3 is 10.6 Å². The molecule has 0 fully saturated rings. The molecule has 0 radical (unpaired) electrons. The summed E-state index contributed by atoms with van der Waals surface area (Å²) in [7, 11) is 0. The van der Waals surface area contributed by atoms with Crippen LogP contribution in [0.25, 0.3) is 0 Å². The van der Waals surface area contributed by atoms with Crippen molar-refractivity contribution in [3.05, 3.63) is 23.0 Å². The molecule has 1 amide bonds. The topological polar surface area (TPSA) is 54.0 Å². The Bertz CT molecular complexity index is 398. The predicted octanol–water partition coefficient (Wildman–Crippen LogP) is 2.25. The Morgan fingerprint density at radius 2 is 2.29 bits per heavy atom. The number of nitrogens with one attached hydrogen (secondary N) is 2. The molecule has 1 aromatic heterocycles. The minimum absolute atomic E-state index is 0.0113. The van der Waals surface area contributed by atoms with Gasteiger partial charge in [0.15, 0.2) is 0 Å². The molecule has 1 aromatic rings. The van der Waals surface area contributed by atoms with E-state index in [-0.39, 0.29) is 18.5 Å². The monoisotopic (exact) mass is 259 g/mol. The van der Waals surface area contributed by atoms with E-state index in [1.165, 1.54) is 6.20 Å². The SMILES string of the molecule is CC(C)Nc1cc(Cl)ncc1C(=O)NCCF. The molecule has 0 saturated heterocycles. The number of aromatic nitrogens is 1. The first-order valence-corrected chi connectivity index (χ1v) is 5.68. The molecule has 0 aliphatic carbocycles. The summed E-state index contributed by atoms with van der Waals surface area (Å²) in [6.07, 6.45) is 1.38. The van der Waals surface area contributed by atoms with Crippen molar-refractivity contribution < 1.29 is 9.18 Å². The Hall–Kier alpha value is -1.36. The molecule has 6 heteroatoms.